The summed E-state index contributed by atoms with van der Waals surface area (Å²) in [7, 11) is 2.11. The number of aliphatic carboxylic acids is 1. The van der Waals surface area contributed by atoms with E-state index in [2.05, 4.69) is 47.6 Å². The second-order valence-corrected chi connectivity index (χ2v) is 7.03. The van der Waals surface area contributed by atoms with Crippen LogP contribution >= 0.6 is 0 Å². The first-order chi connectivity index (χ1) is 12.1. The molecule has 0 saturated carbocycles. The van der Waals surface area contributed by atoms with Crippen molar-refractivity contribution in [2.45, 2.75) is 24.5 Å². The Morgan fingerprint density at radius 3 is 2.64 bits per heavy atom. The molecule has 0 amide bonds. The number of fused-ring (bicyclic) bond motifs is 3. The number of rotatable bonds is 3. The third kappa shape index (κ3) is 2.69. The van der Waals surface area contributed by atoms with Crippen LogP contribution in [0.5, 0.6) is 0 Å². The number of aliphatic hydroxyl groups is 1. The second-order valence-electron chi connectivity index (χ2n) is 7.03. The van der Waals surface area contributed by atoms with E-state index in [0.717, 1.165) is 24.3 Å². The second kappa shape index (κ2) is 6.17. The summed E-state index contributed by atoms with van der Waals surface area (Å²) in [5, 5.41) is 22.5. The summed E-state index contributed by atoms with van der Waals surface area (Å²) in [4.78, 5) is 13.5. The average Bonchev–Trinajstić information content (AvgIpc) is 3.05. The van der Waals surface area contributed by atoms with E-state index in [1.165, 1.54) is 16.7 Å². The Labute approximate surface area is 146 Å². The van der Waals surface area contributed by atoms with Gasteiger partial charge < -0.3 is 20.4 Å². The van der Waals surface area contributed by atoms with Crippen LogP contribution in [0.25, 0.3) is 0 Å². The summed E-state index contributed by atoms with van der Waals surface area (Å²) < 4.78 is 0. The zero-order valence-electron chi connectivity index (χ0n) is 14.1. The Kier molecular flexibility index (Phi) is 3.98. The van der Waals surface area contributed by atoms with Gasteiger partial charge in [0.05, 0.1) is 0 Å². The van der Waals surface area contributed by atoms with Crippen LogP contribution in [0.4, 0.5) is 5.69 Å². The predicted molar refractivity (Wildman–Crippen MR) is 95.9 cm³/mol. The topological polar surface area (TPSA) is 72.8 Å². The Morgan fingerprint density at radius 2 is 1.92 bits per heavy atom. The number of anilines is 1. The van der Waals surface area contributed by atoms with Gasteiger partial charge >= 0.3 is 5.97 Å². The van der Waals surface area contributed by atoms with E-state index in [-0.39, 0.29) is 0 Å². The Balaban J connectivity index is 1.78. The number of carboxylic acids is 1. The zero-order valence-corrected chi connectivity index (χ0v) is 14.1. The first-order valence-corrected chi connectivity index (χ1v) is 8.60. The zero-order chi connectivity index (χ0) is 17.6. The molecule has 0 bridgehead atoms. The highest BCUT2D eigenvalue weighted by Crippen LogP contribution is 2.43. The minimum Gasteiger partial charge on any atom is -0.479 e. The molecular formula is C20H22N2O3. The Hall–Kier alpha value is -2.37. The molecule has 2 aromatic carbocycles. The van der Waals surface area contributed by atoms with Crippen LogP contribution in [0.1, 0.15) is 34.1 Å². The number of carboxylic acid groups (broad SMARTS) is 1. The van der Waals surface area contributed by atoms with Gasteiger partial charge in [0.15, 0.2) is 6.10 Å². The summed E-state index contributed by atoms with van der Waals surface area (Å²) in [6, 6.07) is 14.6. The van der Waals surface area contributed by atoms with Crippen molar-refractivity contribution in [1.82, 2.24) is 4.90 Å². The number of benzene rings is 2. The summed E-state index contributed by atoms with van der Waals surface area (Å²) in [5.74, 6) is -1.28. The lowest BCUT2D eigenvalue weighted by Crippen LogP contribution is -2.31. The van der Waals surface area contributed by atoms with Gasteiger partial charge in [0, 0.05) is 37.2 Å². The first-order valence-electron chi connectivity index (χ1n) is 8.60. The molecule has 5 nitrogen and oxygen atoms in total. The molecule has 4 rings (SSSR count). The minimum atomic E-state index is -1.38. The van der Waals surface area contributed by atoms with Crippen molar-refractivity contribution in [3.63, 3.8) is 0 Å². The molecule has 3 N–H and O–H groups in total. The fourth-order valence-corrected chi connectivity index (χ4v) is 4.19. The smallest absolute Gasteiger partial charge is 0.333 e. The number of hydrogen-bond acceptors (Lipinski definition) is 4. The van der Waals surface area contributed by atoms with Crippen LogP contribution in [0.15, 0.2) is 42.5 Å². The van der Waals surface area contributed by atoms with Gasteiger partial charge in [-0.1, -0.05) is 42.5 Å². The maximum Gasteiger partial charge on any atom is 0.333 e. The van der Waals surface area contributed by atoms with Gasteiger partial charge in [0.2, 0.25) is 0 Å². The monoisotopic (exact) mass is 338 g/mol. The van der Waals surface area contributed by atoms with Crippen LogP contribution in [-0.2, 0) is 11.3 Å². The van der Waals surface area contributed by atoms with Crippen molar-refractivity contribution in [2.75, 3.05) is 25.5 Å². The summed E-state index contributed by atoms with van der Waals surface area (Å²) in [5.41, 5.74) is 5.72. The lowest BCUT2D eigenvalue weighted by molar-refractivity contribution is -0.147. The van der Waals surface area contributed by atoms with Crippen molar-refractivity contribution in [2.24, 2.45) is 0 Å². The number of aliphatic hydroxyl groups excluding tert-OH is 1. The highest BCUT2D eigenvalue weighted by atomic mass is 16.4. The van der Waals surface area contributed by atoms with Crippen molar-refractivity contribution in [3.05, 3.63) is 64.7 Å². The summed E-state index contributed by atoms with van der Waals surface area (Å²) >= 11 is 0. The molecule has 0 aromatic heterocycles. The normalized spacial score (nSPS) is 23.4. The fraction of sp³-hybridized carbons (Fsp3) is 0.350. The maximum atomic E-state index is 11.2. The molecule has 3 atom stereocenters. The lowest BCUT2D eigenvalue weighted by atomic mass is 9.82. The van der Waals surface area contributed by atoms with Crippen LogP contribution in [0.3, 0.4) is 0 Å². The molecule has 0 spiro atoms. The van der Waals surface area contributed by atoms with Crippen LogP contribution in [0, 0.1) is 0 Å². The highest BCUT2D eigenvalue weighted by molar-refractivity contribution is 5.77. The SMILES string of the molecule is CN1Cc2c(ccc3c2NCC3C(O)C(=O)O)C(c2ccccc2)C1. The predicted octanol–water partition coefficient (Wildman–Crippen LogP) is 2.22. The quantitative estimate of drug-likeness (QED) is 0.800. The van der Waals surface area contributed by atoms with E-state index < -0.39 is 18.0 Å². The van der Waals surface area contributed by atoms with E-state index in [9.17, 15) is 9.90 Å². The maximum absolute atomic E-state index is 11.2. The molecule has 0 fully saturated rings. The lowest BCUT2D eigenvalue weighted by Gasteiger charge is -2.34. The molecule has 2 aliphatic heterocycles. The molecule has 130 valence electrons. The molecule has 0 radical (unpaired) electrons. The molecular weight excluding hydrogens is 316 g/mol. The van der Waals surface area contributed by atoms with Crippen molar-refractivity contribution >= 4 is 11.7 Å². The van der Waals surface area contributed by atoms with Crippen molar-refractivity contribution < 1.29 is 15.0 Å². The summed E-state index contributed by atoms with van der Waals surface area (Å²) in [6.07, 6.45) is -1.38. The van der Waals surface area contributed by atoms with Gasteiger partial charge in [-0.05, 0) is 29.3 Å². The van der Waals surface area contributed by atoms with Crippen LogP contribution in [-0.4, -0.2) is 47.3 Å². The van der Waals surface area contributed by atoms with Crippen LogP contribution < -0.4 is 5.32 Å². The number of nitrogens with zero attached hydrogens (tertiary/aromatic N) is 1. The summed E-state index contributed by atoms with van der Waals surface area (Å²) in [6.45, 7) is 2.24. The molecule has 2 heterocycles. The molecule has 5 heteroatoms. The van der Waals surface area contributed by atoms with Gasteiger partial charge in [-0.2, -0.15) is 0 Å². The van der Waals surface area contributed by atoms with Gasteiger partial charge in [0.1, 0.15) is 0 Å². The van der Waals surface area contributed by atoms with Gasteiger partial charge in [-0.25, -0.2) is 4.79 Å². The van der Waals surface area contributed by atoms with E-state index in [4.69, 9.17) is 5.11 Å². The molecule has 2 aliphatic rings. The Bertz CT molecular complexity index is 806. The average molecular weight is 338 g/mol. The third-order valence-corrected chi connectivity index (χ3v) is 5.41. The third-order valence-electron chi connectivity index (χ3n) is 5.41. The number of likely N-dealkylation sites (N-methyl/N-ethyl adjacent to an activating group) is 1. The number of nitrogens with one attached hydrogen (secondary N) is 1. The molecule has 0 aliphatic carbocycles. The van der Waals surface area contributed by atoms with Gasteiger partial charge in [-0.15, -0.1) is 0 Å². The largest absolute Gasteiger partial charge is 0.479 e. The first kappa shape index (κ1) is 16.1. The number of hydrogen-bond donors (Lipinski definition) is 3. The standard InChI is InChI=1S/C20H22N2O3/c1-22-10-16(12-5-3-2-4-6-12)13-7-8-14-15(19(23)20(24)25)9-21-18(14)17(13)11-22/h2-8,15-16,19,21,23H,9-11H2,1H3,(H,24,25). The van der Waals surface area contributed by atoms with E-state index in [1.54, 1.807) is 0 Å². The molecule has 0 saturated heterocycles. The minimum absolute atomic E-state index is 0.297. The van der Waals surface area contributed by atoms with Gasteiger partial charge in [-0.3, -0.25) is 0 Å². The molecule has 3 unspecified atom stereocenters. The van der Waals surface area contributed by atoms with Gasteiger partial charge in [0.25, 0.3) is 0 Å². The molecule has 25 heavy (non-hydrogen) atoms. The van der Waals surface area contributed by atoms with E-state index in [0.29, 0.717) is 12.5 Å². The Morgan fingerprint density at radius 1 is 1.20 bits per heavy atom. The number of carbonyl (C=O) groups is 1. The molecule has 2 aromatic rings. The van der Waals surface area contributed by atoms with Crippen molar-refractivity contribution in [3.8, 4) is 0 Å². The highest BCUT2D eigenvalue weighted by Gasteiger charge is 2.36. The van der Waals surface area contributed by atoms with Crippen molar-refractivity contribution in [1.29, 1.82) is 0 Å². The van der Waals surface area contributed by atoms with Crippen LogP contribution in [0.2, 0.25) is 0 Å². The fourth-order valence-electron chi connectivity index (χ4n) is 4.19. The van der Waals surface area contributed by atoms with E-state index in [1.807, 2.05) is 12.1 Å². The van der Waals surface area contributed by atoms with E-state index >= 15 is 0 Å².